The summed E-state index contributed by atoms with van der Waals surface area (Å²) in [5.41, 5.74) is 2.06. The summed E-state index contributed by atoms with van der Waals surface area (Å²) in [4.78, 5) is 4.29. The maximum atomic E-state index is 10.5. The summed E-state index contributed by atoms with van der Waals surface area (Å²) in [7, 11) is 0. The van der Waals surface area contributed by atoms with Crippen molar-refractivity contribution in [3.63, 3.8) is 0 Å². The number of aliphatic hydroxyl groups is 1. The third-order valence-corrected chi connectivity index (χ3v) is 3.88. The number of halogens is 2. The molecule has 1 atom stereocenters. The van der Waals surface area contributed by atoms with Gasteiger partial charge in [-0.15, -0.1) is 0 Å². The molecule has 1 unspecified atom stereocenters. The van der Waals surface area contributed by atoms with Crippen LogP contribution in [0.5, 0.6) is 0 Å². The van der Waals surface area contributed by atoms with E-state index < -0.39 is 6.10 Å². The number of nitrogens with zero attached hydrogens (tertiary/aromatic N) is 1. The quantitative estimate of drug-likeness (QED) is 0.749. The van der Waals surface area contributed by atoms with Gasteiger partial charge in [-0.05, 0) is 29.8 Å². The molecule has 100 valence electrons. The van der Waals surface area contributed by atoms with E-state index in [-0.39, 0.29) is 0 Å². The molecule has 20 heavy (non-hydrogen) atoms. The predicted molar refractivity (Wildman–Crippen MR) is 82.3 cm³/mol. The fraction of sp³-hybridized carbons (Fsp3) is 0.0625. The topological polar surface area (TPSA) is 33.1 Å². The number of rotatable bonds is 2. The molecule has 3 rings (SSSR count). The third-order valence-electron chi connectivity index (χ3n) is 3.22. The number of hydrogen-bond acceptors (Lipinski definition) is 2. The molecule has 0 spiro atoms. The molecule has 2 aromatic carbocycles. The Bertz CT molecular complexity index is 753. The highest BCUT2D eigenvalue weighted by Crippen LogP contribution is 2.34. The Morgan fingerprint density at radius 2 is 1.70 bits per heavy atom. The normalized spacial score (nSPS) is 12.6. The van der Waals surface area contributed by atoms with E-state index in [0.29, 0.717) is 21.2 Å². The van der Waals surface area contributed by atoms with Gasteiger partial charge in [-0.1, -0.05) is 47.5 Å². The Labute approximate surface area is 126 Å². The molecular formula is C16H11Cl2NO. The Morgan fingerprint density at radius 1 is 0.950 bits per heavy atom. The van der Waals surface area contributed by atoms with Crippen molar-refractivity contribution >= 4 is 34.1 Å². The van der Waals surface area contributed by atoms with Gasteiger partial charge in [0, 0.05) is 27.2 Å². The van der Waals surface area contributed by atoms with Gasteiger partial charge in [-0.3, -0.25) is 4.98 Å². The highest BCUT2D eigenvalue weighted by Gasteiger charge is 2.17. The third kappa shape index (κ3) is 2.38. The molecule has 0 aliphatic heterocycles. The number of pyridine rings is 1. The molecule has 3 aromatic rings. The van der Waals surface area contributed by atoms with Gasteiger partial charge in [0.2, 0.25) is 0 Å². The minimum absolute atomic E-state index is 0.450. The van der Waals surface area contributed by atoms with Crippen LogP contribution < -0.4 is 0 Å². The summed E-state index contributed by atoms with van der Waals surface area (Å²) in [6.45, 7) is 0. The monoisotopic (exact) mass is 303 g/mol. The standard InChI is InChI=1S/C16H11Cl2NO/c17-12-4-1-5-13(18)15(12)16(20)11-7-6-10-3-2-8-19-14(10)9-11/h1-9,16,20H. The lowest BCUT2D eigenvalue weighted by molar-refractivity contribution is 0.220. The van der Waals surface area contributed by atoms with Crippen molar-refractivity contribution in [2.24, 2.45) is 0 Å². The van der Waals surface area contributed by atoms with E-state index >= 15 is 0 Å². The van der Waals surface area contributed by atoms with Crippen LogP contribution in [0.1, 0.15) is 17.2 Å². The zero-order valence-corrected chi connectivity index (χ0v) is 11.9. The molecule has 0 aliphatic carbocycles. The van der Waals surface area contributed by atoms with Gasteiger partial charge in [0.05, 0.1) is 5.52 Å². The highest BCUT2D eigenvalue weighted by atomic mass is 35.5. The summed E-state index contributed by atoms with van der Waals surface area (Å²) < 4.78 is 0. The van der Waals surface area contributed by atoms with Crippen LogP contribution in [0.15, 0.2) is 54.7 Å². The summed E-state index contributed by atoms with van der Waals surface area (Å²) in [6.07, 6.45) is 0.851. The van der Waals surface area contributed by atoms with Gasteiger partial charge in [-0.25, -0.2) is 0 Å². The van der Waals surface area contributed by atoms with Gasteiger partial charge >= 0.3 is 0 Å². The van der Waals surface area contributed by atoms with Crippen LogP contribution in [0.3, 0.4) is 0 Å². The first-order chi connectivity index (χ1) is 9.66. The molecule has 1 heterocycles. The fourth-order valence-corrected chi connectivity index (χ4v) is 2.80. The van der Waals surface area contributed by atoms with Crippen LogP contribution in [-0.2, 0) is 0 Å². The van der Waals surface area contributed by atoms with Crippen molar-refractivity contribution in [3.05, 3.63) is 75.9 Å². The number of benzene rings is 2. The Kier molecular flexibility index (Phi) is 3.62. The predicted octanol–water partition coefficient (Wildman–Crippen LogP) is 4.62. The van der Waals surface area contributed by atoms with E-state index in [9.17, 15) is 5.11 Å². The molecule has 0 saturated heterocycles. The molecule has 0 fully saturated rings. The van der Waals surface area contributed by atoms with Crippen molar-refractivity contribution < 1.29 is 5.11 Å². The molecule has 1 aromatic heterocycles. The van der Waals surface area contributed by atoms with Crippen molar-refractivity contribution in [3.8, 4) is 0 Å². The minimum Gasteiger partial charge on any atom is -0.384 e. The van der Waals surface area contributed by atoms with E-state index in [4.69, 9.17) is 23.2 Å². The smallest absolute Gasteiger partial charge is 0.107 e. The van der Waals surface area contributed by atoms with Crippen LogP contribution in [0.25, 0.3) is 10.9 Å². The van der Waals surface area contributed by atoms with E-state index in [1.165, 1.54) is 0 Å². The van der Waals surface area contributed by atoms with Gasteiger partial charge < -0.3 is 5.11 Å². The van der Waals surface area contributed by atoms with Crippen LogP contribution in [0.2, 0.25) is 10.0 Å². The van der Waals surface area contributed by atoms with E-state index in [0.717, 1.165) is 10.9 Å². The summed E-state index contributed by atoms with van der Waals surface area (Å²) in [5.74, 6) is 0. The molecule has 0 radical (unpaired) electrons. The molecule has 0 aliphatic rings. The Morgan fingerprint density at radius 3 is 2.45 bits per heavy atom. The molecule has 0 amide bonds. The van der Waals surface area contributed by atoms with Crippen LogP contribution in [0.4, 0.5) is 0 Å². The zero-order valence-electron chi connectivity index (χ0n) is 10.4. The molecule has 0 bridgehead atoms. The van der Waals surface area contributed by atoms with Gasteiger partial charge in [0.25, 0.3) is 0 Å². The average Bonchev–Trinajstić information content (AvgIpc) is 2.46. The largest absolute Gasteiger partial charge is 0.384 e. The van der Waals surface area contributed by atoms with Gasteiger partial charge in [-0.2, -0.15) is 0 Å². The lowest BCUT2D eigenvalue weighted by Gasteiger charge is -2.15. The van der Waals surface area contributed by atoms with Gasteiger partial charge in [0.15, 0.2) is 0 Å². The van der Waals surface area contributed by atoms with Crippen LogP contribution >= 0.6 is 23.2 Å². The summed E-state index contributed by atoms with van der Waals surface area (Å²) in [6, 6.07) is 14.7. The van der Waals surface area contributed by atoms with Crippen molar-refractivity contribution in [2.75, 3.05) is 0 Å². The Balaban J connectivity index is 2.10. The first kappa shape index (κ1) is 13.4. The molecule has 0 saturated carbocycles. The second-order valence-electron chi connectivity index (χ2n) is 4.49. The molecule has 1 N–H and O–H groups in total. The maximum absolute atomic E-state index is 10.5. The molecule has 4 heteroatoms. The number of hydrogen-bond donors (Lipinski definition) is 1. The second-order valence-corrected chi connectivity index (χ2v) is 5.31. The average molecular weight is 304 g/mol. The van der Waals surface area contributed by atoms with Crippen LogP contribution in [-0.4, -0.2) is 10.1 Å². The summed E-state index contributed by atoms with van der Waals surface area (Å²) in [5, 5.41) is 12.4. The van der Waals surface area contributed by atoms with E-state index in [1.807, 2.05) is 30.3 Å². The van der Waals surface area contributed by atoms with Crippen molar-refractivity contribution in [2.45, 2.75) is 6.10 Å². The number of fused-ring (bicyclic) bond motifs is 1. The lowest BCUT2D eigenvalue weighted by atomic mass is 10.00. The number of aliphatic hydroxyl groups excluding tert-OH is 1. The number of aromatic nitrogens is 1. The highest BCUT2D eigenvalue weighted by molar-refractivity contribution is 6.36. The molecule has 2 nitrogen and oxygen atoms in total. The Hall–Kier alpha value is -1.61. The van der Waals surface area contributed by atoms with Crippen molar-refractivity contribution in [1.82, 2.24) is 4.98 Å². The van der Waals surface area contributed by atoms with E-state index in [2.05, 4.69) is 4.98 Å². The lowest BCUT2D eigenvalue weighted by Crippen LogP contribution is -2.01. The maximum Gasteiger partial charge on any atom is 0.107 e. The summed E-state index contributed by atoms with van der Waals surface area (Å²) >= 11 is 12.3. The molecular weight excluding hydrogens is 293 g/mol. The second kappa shape index (κ2) is 5.41. The van der Waals surface area contributed by atoms with Crippen LogP contribution in [0, 0.1) is 0 Å². The minimum atomic E-state index is -0.873. The fourth-order valence-electron chi connectivity index (χ4n) is 2.19. The van der Waals surface area contributed by atoms with Crippen molar-refractivity contribution in [1.29, 1.82) is 0 Å². The van der Waals surface area contributed by atoms with Gasteiger partial charge in [0.1, 0.15) is 6.10 Å². The van der Waals surface area contributed by atoms with E-state index in [1.54, 1.807) is 24.4 Å². The first-order valence-corrected chi connectivity index (χ1v) is 6.89. The SMILES string of the molecule is OC(c1ccc2cccnc2c1)c1c(Cl)cccc1Cl. The first-order valence-electron chi connectivity index (χ1n) is 6.13. The zero-order chi connectivity index (χ0) is 14.1.